The van der Waals surface area contributed by atoms with Crippen LogP contribution in [0.3, 0.4) is 0 Å². The Hall–Kier alpha value is -8.59. The van der Waals surface area contributed by atoms with Gasteiger partial charge in [-0.25, -0.2) is 4.98 Å². The molecule has 11 aromatic carbocycles. The van der Waals surface area contributed by atoms with Gasteiger partial charge in [-0.2, -0.15) is 0 Å². The number of rotatable bonds is 6. The van der Waals surface area contributed by atoms with Crippen molar-refractivity contribution in [1.29, 1.82) is 0 Å². The zero-order valence-corrected chi connectivity index (χ0v) is 35.4. The number of furan rings is 1. The monoisotopic (exact) mass is 825 g/mol. The third-order valence-electron chi connectivity index (χ3n) is 13.2. The molecule has 302 valence electrons. The fourth-order valence-electron chi connectivity index (χ4n) is 10.2. The van der Waals surface area contributed by atoms with Gasteiger partial charge in [0.1, 0.15) is 11.3 Å². The Balaban J connectivity index is 1.02. The van der Waals surface area contributed by atoms with Crippen LogP contribution < -0.4 is 0 Å². The second-order valence-electron chi connectivity index (χ2n) is 17.0. The van der Waals surface area contributed by atoms with Crippen LogP contribution in [0.25, 0.3) is 132 Å². The molecular formula is C63H39NO. The molecule has 0 saturated heterocycles. The van der Waals surface area contributed by atoms with Crippen LogP contribution in [-0.2, 0) is 0 Å². The summed E-state index contributed by atoms with van der Waals surface area (Å²) in [6.07, 6.45) is 0. The summed E-state index contributed by atoms with van der Waals surface area (Å²) in [4.78, 5) is 5.40. The minimum atomic E-state index is 0.844. The molecule has 0 radical (unpaired) electrons. The Labute approximate surface area is 376 Å². The van der Waals surface area contributed by atoms with Crippen molar-refractivity contribution in [3.8, 4) is 67.1 Å². The molecule has 13 rings (SSSR count). The Morgan fingerprint density at radius 2 is 0.754 bits per heavy atom. The van der Waals surface area contributed by atoms with Crippen molar-refractivity contribution < 1.29 is 4.42 Å². The van der Waals surface area contributed by atoms with E-state index in [0.717, 1.165) is 66.7 Å². The molecule has 0 spiro atoms. The molecule has 0 aliphatic heterocycles. The lowest BCUT2D eigenvalue weighted by molar-refractivity contribution is 0.636. The van der Waals surface area contributed by atoms with Crippen LogP contribution in [0.5, 0.6) is 0 Å². The maximum absolute atomic E-state index is 6.97. The minimum absolute atomic E-state index is 0.844. The summed E-state index contributed by atoms with van der Waals surface area (Å²) >= 11 is 0. The number of hydrogen-bond acceptors (Lipinski definition) is 2. The lowest BCUT2D eigenvalue weighted by Crippen LogP contribution is -1.92. The lowest BCUT2D eigenvalue weighted by atomic mass is 9.84. The minimum Gasteiger partial charge on any atom is -0.455 e. The summed E-state index contributed by atoms with van der Waals surface area (Å²) in [7, 11) is 0. The van der Waals surface area contributed by atoms with E-state index >= 15 is 0 Å². The molecule has 0 fully saturated rings. The number of hydrogen-bond donors (Lipinski definition) is 0. The second-order valence-corrected chi connectivity index (χ2v) is 17.0. The van der Waals surface area contributed by atoms with Crippen LogP contribution >= 0.6 is 0 Å². The predicted octanol–water partition coefficient (Wildman–Crippen LogP) is 17.6. The first-order chi connectivity index (χ1) is 32.2. The van der Waals surface area contributed by atoms with E-state index < -0.39 is 0 Å². The van der Waals surface area contributed by atoms with E-state index in [-0.39, 0.29) is 0 Å². The van der Waals surface area contributed by atoms with Crippen molar-refractivity contribution >= 4 is 65.0 Å². The zero-order valence-electron chi connectivity index (χ0n) is 35.4. The summed E-state index contributed by atoms with van der Waals surface area (Å²) in [5.74, 6) is 0.844. The van der Waals surface area contributed by atoms with Gasteiger partial charge in [-0.3, -0.25) is 0 Å². The van der Waals surface area contributed by atoms with Crippen molar-refractivity contribution in [1.82, 2.24) is 4.98 Å². The Morgan fingerprint density at radius 3 is 1.40 bits per heavy atom. The van der Waals surface area contributed by atoms with Gasteiger partial charge in [0.2, 0.25) is 0 Å². The number of nitrogens with zero attached hydrogens (tertiary/aromatic N) is 1. The fourth-order valence-corrected chi connectivity index (χ4v) is 10.2. The van der Waals surface area contributed by atoms with E-state index in [1.54, 1.807) is 0 Å². The summed E-state index contributed by atoms with van der Waals surface area (Å²) in [6, 6.07) is 85.3. The van der Waals surface area contributed by atoms with Gasteiger partial charge in [-0.15, -0.1) is 0 Å². The molecule has 2 heteroatoms. The Bertz CT molecular complexity index is 3980. The third kappa shape index (κ3) is 6.14. The van der Waals surface area contributed by atoms with Crippen LogP contribution in [0, 0.1) is 0 Å². The standard InChI is InChI=1S/C63H39NO/c1-3-17-43(18-4-1)59-60-61(64-56-26-14-13-25-54(56)63(60)65-62(59)45-19-5-2-6-20-45)44-31-27-42(28-32-44)48-35-36-53-55(39-48)58(50-34-30-41-16-8-10-22-47(41)38-50)52-24-12-11-23-51(52)57(53)49-33-29-40-15-7-9-21-46(40)37-49/h1-39H. The SMILES string of the molecule is c1ccc(-c2oc3c(c(-c4ccc(-c5ccc6c(-c7ccc8ccccc8c7)c7ccccc7c(-c7ccc8ccccc8c7)c6c5)cc4)nc4ccccc43)c2-c2ccccc2)cc1. The maximum atomic E-state index is 6.97. The van der Waals surface area contributed by atoms with Crippen LogP contribution in [0.15, 0.2) is 241 Å². The topological polar surface area (TPSA) is 26.0 Å². The molecule has 0 saturated carbocycles. The molecule has 0 atom stereocenters. The van der Waals surface area contributed by atoms with Gasteiger partial charge in [0.05, 0.1) is 16.6 Å². The number of benzene rings is 11. The number of fused-ring (bicyclic) bond motifs is 7. The highest BCUT2D eigenvalue weighted by atomic mass is 16.3. The number of pyridine rings is 1. The van der Waals surface area contributed by atoms with Gasteiger partial charge < -0.3 is 4.42 Å². The maximum Gasteiger partial charge on any atom is 0.147 e. The number of para-hydroxylation sites is 1. The van der Waals surface area contributed by atoms with Gasteiger partial charge in [0.25, 0.3) is 0 Å². The number of aromatic nitrogens is 1. The summed E-state index contributed by atoms with van der Waals surface area (Å²) in [5, 5.41) is 11.9. The van der Waals surface area contributed by atoms with Gasteiger partial charge in [0.15, 0.2) is 0 Å². The lowest BCUT2D eigenvalue weighted by Gasteiger charge is -2.19. The van der Waals surface area contributed by atoms with Crippen LogP contribution in [0.4, 0.5) is 0 Å². The highest BCUT2D eigenvalue weighted by Gasteiger charge is 2.25. The van der Waals surface area contributed by atoms with E-state index in [0.29, 0.717) is 0 Å². The van der Waals surface area contributed by atoms with E-state index in [1.165, 1.54) is 65.3 Å². The van der Waals surface area contributed by atoms with Crippen molar-refractivity contribution in [2.24, 2.45) is 0 Å². The van der Waals surface area contributed by atoms with Crippen LogP contribution in [0.1, 0.15) is 0 Å². The van der Waals surface area contributed by atoms with E-state index in [9.17, 15) is 0 Å². The van der Waals surface area contributed by atoms with E-state index in [4.69, 9.17) is 9.40 Å². The molecule has 65 heavy (non-hydrogen) atoms. The van der Waals surface area contributed by atoms with Crippen molar-refractivity contribution in [3.63, 3.8) is 0 Å². The van der Waals surface area contributed by atoms with Gasteiger partial charge in [0, 0.05) is 22.1 Å². The smallest absolute Gasteiger partial charge is 0.147 e. The van der Waals surface area contributed by atoms with E-state index in [2.05, 4.69) is 224 Å². The molecule has 2 nitrogen and oxygen atoms in total. The Morgan fingerprint density at radius 1 is 0.277 bits per heavy atom. The van der Waals surface area contributed by atoms with Gasteiger partial charge >= 0.3 is 0 Å². The van der Waals surface area contributed by atoms with Crippen LogP contribution in [0.2, 0.25) is 0 Å². The first-order valence-corrected chi connectivity index (χ1v) is 22.3. The highest BCUT2D eigenvalue weighted by molar-refractivity contribution is 6.23. The molecule has 0 N–H and O–H groups in total. The molecule has 0 unspecified atom stereocenters. The van der Waals surface area contributed by atoms with Crippen molar-refractivity contribution in [3.05, 3.63) is 237 Å². The average Bonchev–Trinajstić information content (AvgIpc) is 3.79. The first-order valence-electron chi connectivity index (χ1n) is 22.3. The average molecular weight is 826 g/mol. The van der Waals surface area contributed by atoms with Gasteiger partial charge in [-0.05, 0) is 112 Å². The molecule has 0 aliphatic carbocycles. The predicted molar refractivity (Wildman–Crippen MR) is 274 cm³/mol. The highest BCUT2D eigenvalue weighted by Crippen LogP contribution is 2.48. The summed E-state index contributed by atoms with van der Waals surface area (Å²) in [5.41, 5.74) is 14.1. The molecule has 2 heterocycles. The molecule has 0 aliphatic rings. The fraction of sp³-hybridized carbons (Fsp3) is 0. The van der Waals surface area contributed by atoms with Crippen molar-refractivity contribution in [2.75, 3.05) is 0 Å². The van der Waals surface area contributed by atoms with Crippen LogP contribution in [-0.4, -0.2) is 4.98 Å². The zero-order chi connectivity index (χ0) is 42.8. The Kier molecular flexibility index (Phi) is 8.57. The normalized spacial score (nSPS) is 11.7. The third-order valence-corrected chi connectivity index (χ3v) is 13.2. The molecule has 0 bridgehead atoms. The van der Waals surface area contributed by atoms with Gasteiger partial charge in [-0.1, -0.05) is 206 Å². The molecule has 13 aromatic rings. The molecular weight excluding hydrogens is 787 g/mol. The summed E-state index contributed by atoms with van der Waals surface area (Å²) < 4.78 is 6.97. The quantitative estimate of drug-likeness (QED) is 0.156. The molecule has 0 amide bonds. The van der Waals surface area contributed by atoms with Crippen molar-refractivity contribution in [2.45, 2.75) is 0 Å². The largest absolute Gasteiger partial charge is 0.455 e. The van der Waals surface area contributed by atoms with E-state index in [1.807, 2.05) is 12.1 Å². The summed E-state index contributed by atoms with van der Waals surface area (Å²) in [6.45, 7) is 0. The second kappa shape index (κ2) is 15.0. The molecule has 2 aromatic heterocycles. The first kappa shape index (κ1) is 37.0.